The van der Waals surface area contributed by atoms with E-state index in [0.717, 1.165) is 44.2 Å². The molecule has 5 nitrogen and oxygen atoms in total. The second-order valence-electron chi connectivity index (χ2n) is 6.70. The topological polar surface area (TPSA) is 72.0 Å². The maximum absolute atomic E-state index is 12.4. The van der Waals surface area contributed by atoms with Gasteiger partial charge in [0.2, 0.25) is 0 Å². The molecule has 3 N–H and O–H groups in total. The van der Waals surface area contributed by atoms with E-state index in [2.05, 4.69) is 17.4 Å². The van der Waals surface area contributed by atoms with Crippen molar-refractivity contribution in [3.63, 3.8) is 0 Å². The molecule has 0 radical (unpaired) electrons. The standard InChI is InChI=1S/C21H26N2O3S/c1-2-26-21(25)19-16-10-6-7-11-17(16)27-20(19)23-18(24)14-22-13-12-15-8-4-3-5-9-15/h3-5,8-9,22H,2,6-7,10-14H2,1H3,(H,23,24)/p+1. The van der Waals surface area contributed by atoms with Gasteiger partial charge in [-0.05, 0) is 43.7 Å². The van der Waals surface area contributed by atoms with Gasteiger partial charge in [-0.2, -0.15) is 0 Å². The van der Waals surface area contributed by atoms with E-state index in [1.807, 2.05) is 23.5 Å². The highest BCUT2D eigenvalue weighted by Gasteiger charge is 2.27. The normalized spacial score (nSPS) is 13.1. The number of amides is 1. The van der Waals surface area contributed by atoms with Crippen molar-refractivity contribution < 1.29 is 19.6 Å². The van der Waals surface area contributed by atoms with Crippen molar-refractivity contribution in [2.24, 2.45) is 0 Å². The number of ether oxygens (including phenoxy) is 1. The fourth-order valence-corrected chi connectivity index (χ4v) is 4.69. The predicted molar refractivity (Wildman–Crippen MR) is 107 cm³/mol. The zero-order chi connectivity index (χ0) is 19.1. The van der Waals surface area contributed by atoms with Gasteiger partial charge >= 0.3 is 5.97 Å². The fourth-order valence-electron chi connectivity index (χ4n) is 3.40. The molecule has 144 valence electrons. The second kappa shape index (κ2) is 9.67. The zero-order valence-electron chi connectivity index (χ0n) is 15.8. The van der Waals surface area contributed by atoms with Crippen LogP contribution >= 0.6 is 11.3 Å². The molecule has 0 saturated heterocycles. The lowest BCUT2D eigenvalue weighted by Gasteiger charge is -2.12. The molecule has 1 heterocycles. The van der Waals surface area contributed by atoms with Gasteiger partial charge in [0.25, 0.3) is 5.91 Å². The van der Waals surface area contributed by atoms with E-state index in [1.54, 1.807) is 6.92 Å². The summed E-state index contributed by atoms with van der Waals surface area (Å²) >= 11 is 1.53. The highest BCUT2D eigenvalue weighted by Crippen LogP contribution is 2.38. The van der Waals surface area contributed by atoms with Crippen LogP contribution in [-0.4, -0.2) is 31.6 Å². The molecule has 6 heteroatoms. The van der Waals surface area contributed by atoms with E-state index in [-0.39, 0.29) is 11.9 Å². The van der Waals surface area contributed by atoms with Gasteiger partial charge in [-0.15, -0.1) is 11.3 Å². The van der Waals surface area contributed by atoms with Crippen LogP contribution in [0.3, 0.4) is 0 Å². The van der Waals surface area contributed by atoms with Crippen molar-refractivity contribution in [3.8, 4) is 0 Å². The van der Waals surface area contributed by atoms with Crippen LogP contribution in [0, 0.1) is 0 Å². The summed E-state index contributed by atoms with van der Waals surface area (Å²) in [6.07, 6.45) is 5.01. The lowest BCUT2D eigenvalue weighted by Crippen LogP contribution is -2.86. The number of carbonyl (C=O) groups is 2. The van der Waals surface area contributed by atoms with E-state index in [4.69, 9.17) is 4.74 Å². The first kappa shape index (κ1) is 19.6. The van der Waals surface area contributed by atoms with Gasteiger partial charge in [0.1, 0.15) is 5.00 Å². The number of anilines is 1. The molecule has 0 fully saturated rings. The monoisotopic (exact) mass is 387 g/mol. The Bertz CT molecular complexity index is 786. The van der Waals surface area contributed by atoms with E-state index >= 15 is 0 Å². The van der Waals surface area contributed by atoms with Crippen LogP contribution in [0.2, 0.25) is 0 Å². The van der Waals surface area contributed by atoms with Gasteiger partial charge in [-0.3, -0.25) is 4.79 Å². The first-order valence-corrected chi connectivity index (χ1v) is 10.5. The van der Waals surface area contributed by atoms with E-state index in [9.17, 15) is 9.59 Å². The SMILES string of the molecule is CCOC(=O)c1c(NC(=O)C[NH2+]CCc2ccccc2)sc2c1CCCC2. The van der Waals surface area contributed by atoms with Gasteiger partial charge in [0.15, 0.2) is 6.54 Å². The Morgan fingerprint density at radius 2 is 1.96 bits per heavy atom. The molecular formula is C21H27N2O3S+. The maximum Gasteiger partial charge on any atom is 0.341 e. The predicted octanol–water partition coefficient (Wildman–Crippen LogP) is 2.55. The van der Waals surface area contributed by atoms with Crippen LogP contribution in [0.1, 0.15) is 46.1 Å². The van der Waals surface area contributed by atoms with E-state index < -0.39 is 0 Å². The van der Waals surface area contributed by atoms with Gasteiger partial charge in [0.05, 0.1) is 18.7 Å². The Labute approximate surface area is 164 Å². The van der Waals surface area contributed by atoms with Crippen molar-refractivity contribution in [1.29, 1.82) is 0 Å². The molecule has 1 aromatic heterocycles. The van der Waals surface area contributed by atoms with Gasteiger partial charge < -0.3 is 15.4 Å². The Hall–Kier alpha value is -2.18. The Kier molecular flexibility index (Phi) is 7.01. The number of nitrogens with two attached hydrogens (primary N) is 1. The highest BCUT2D eigenvalue weighted by atomic mass is 32.1. The molecule has 0 bridgehead atoms. The minimum Gasteiger partial charge on any atom is -0.462 e. The summed E-state index contributed by atoms with van der Waals surface area (Å²) in [4.78, 5) is 26.0. The Morgan fingerprint density at radius 1 is 1.19 bits per heavy atom. The number of fused-ring (bicyclic) bond motifs is 1. The molecule has 0 atom stereocenters. The molecule has 1 amide bonds. The van der Waals surface area contributed by atoms with Crippen molar-refractivity contribution in [2.45, 2.75) is 39.0 Å². The third kappa shape index (κ3) is 5.17. The highest BCUT2D eigenvalue weighted by molar-refractivity contribution is 7.17. The summed E-state index contributed by atoms with van der Waals surface area (Å²) in [5.41, 5.74) is 2.92. The van der Waals surface area contributed by atoms with Crippen molar-refractivity contribution >= 4 is 28.2 Å². The quantitative estimate of drug-likeness (QED) is 0.540. The second-order valence-corrected chi connectivity index (χ2v) is 7.81. The Morgan fingerprint density at radius 3 is 2.74 bits per heavy atom. The lowest BCUT2D eigenvalue weighted by atomic mass is 9.95. The number of quaternary nitrogens is 1. The van der Waals surface area contributed by atoms with Crippen LogP contribution in [0.25, 0.3) is 0 Å². The zero-order valence-corrected chi connectivity index (χ0v) is 16.6. The van der Waals surface area contributed by atoms with Crippen molar-refractivity contribution in [3.05, 3.63) is 51.9 Å². The summed E-state index contributed by atoms with van der Waals surface area (Å²) in [6, 6.07) is 10.2. The number of carbonyl (C=O) groups excluding carboxylic acids is 2. The number of thiophene rings is 1. The fraction of sp³-hybridized carbons (Fsp3) is 0.429. The van der Waals surface area contributed by atoms with Crippen LogP contribution in [-0.2, 0) is 28.8 Å². The van der Waals surface area contributed by atoms with Gasteiger partial charge in [-0.1, -0.05) is 30.3 Å². The van der Waals surface area contributed by atoms with Crippen LogP contribution in [0.5, 0.6) is 0 Å². The molecule has 3 rings (SSSR count). The number of hydrogen-bond donors (Lipinski definition) is 2. The molecule has 0 aliphatic heterocycles. The molecule has 0 unspecified atom stereocenters. The van der Waals surface area contributed by atoms with Crippen LogP contribution in [0.4, 0.5) is 5.00 Å². The first-order valence-electron chi connectivity index (χ1n) is 9.66. The van der Waals surface area contributed by atoms with Crippen LogP contribution < -0.4 is 10.6 Å². The largest absolute Gasteiger partial charge is 0.462 e. The third-order valence-corrected chi connectivity index (χ3v) is 5.92. The van der Waals surface area contributed by atoms with Gasteiger partial charge in [-0.25, -0.2) is 4.79 Å². The van der Waals surface area contributed by atoms with E-state index in [0.29, 0.717) is 23.7 Å². The molecule has 2 aromatic rings. The summed E-state index contributed by atoms with van der Waals surface area (Å²) in [6.45, 7) is 3.33. The molecule has 27 heavy (non-hydrogen) atoms. The number of benzene rings is 1. The third-order valence-electron chi connectivity index (χ3n) is 4.71. The molecule has 1 aliphatic carbocycles. The average Bonchev–Trinajstić information content (AvgIpc) is 3.04. The van der Waals surface area contributed by atoms with E-state index in [1.165, 1.54) is 21.8 Å². The number of nitrogens with one attached hydrogen (secondary N) is 1. The summed E-state index contributed by atoms with van der Waals surface area (Å²) in [5.74, 6) is -0.396. The van der Waals surface area contributed by atoms with Crippen LogP contribution in [0.15, 0.2) is 30.3 Å². The summed E-state index contributed by atoms with van der Waals surface area (Å²) in [7, 11) is 0. The molecule has 1 aromatic carbocycles. The maximum atomic E-state index is 12.4. The van der Waals surface area contributed by atoms with Gasteiger partial charge in [0, 0.05) is 11.3 Å². The van der Waals surface area contributed by atoms with Crippen molar-refractivity contribution in [2.75, 3.05) is 25.0 Å². The summed E-state index contributed by atoms with van der Waals surface area (Å²) in [5, 5.41) is 5.61. The number of hydrogen-bond acceptors (Lipinski definition) is 4. The molecule has 0 saturated carbocycles. The van der Waals surface area contributed by atoms with Crippen molar-refractivity contribution in [1.82, 2.24) is 0 Å². The minimum atomic E-state index is -0.319. The number of esters is 1. The molecule has 0 spiro atoms. The lowest BCUT2D eigenvalue weighted by molar-refractivity contribution is -0.643. The number of rotatable bonds is 8. The molecule has 1 aliphatic rings. The Balaban J connectivity index is 1.58. The first-order chi connectivity index (χ1) is 13.2. The summed E-state index contributed by atoms with van der Waals surface area (Å²) < 4.78 is 5.23. The minimum absolute atomic E-state index is 0.0767. The smallest absolute Gasteiger partial charge is 0.341 e. The molecular weight excluding hydrogens is 360 g/mol. The number of aryl methyl sites for hydroxylation is 1. The average molecular weight is 388 g/mol.